The molecule has 4 aromatic rings. The number of aromatic nitrogens is 3. The lowest BCUT2D eigenvalue weighted by atomic mass is 10.1. The van der Waals surface area contributed by atoms with E-state index >= 15 is 0 Å². The van der Waals surface area contributed by atoms with Crippen LogP contribution in [0.25, 0.3) is 10.9 Å². The number of nitrogens with zero attached hydrogens (tertiary/aromatic N) is 1. The predicted octanol–water partition coefficient (Wildman–Crippen LogP) is 6.65. The summed E-state index contributed by atoms with van der Waals surface area (Å²) in [6, 6.07) is 19.3. The Hall–Kier alpha value is -2.81. The van der Waals surface area contributed by atoms with E-state index in [0.717, 1.165) is 12.8 Å². The Morgan fingerprint density at radius 3 is 2.11 bits per heavy atom. The minimum Gasteiger partial charge on any atom is -0.358 e. The van der Waals surface area contributed by atoms with Crippen LogP contribution in [-0.2, 0) is 19.3 Å². The second-order valence-electron chi connectivity index (χ2n) is 6.90. The minimum absolute atomic E-state index is 1.04. The van der Waals surface area contributed by atoms with Crippen molar-refractivity contribution in [2.75, 3.05) is 0 Å². The number of H-pyrrole nitrogens is 2. The quantitative estimate of drug-likeness (QED) is 0.412. The molecule has 0 bridgehead atoms. The van der Waals surface area contributed by atoms with Crippen molar-refractivity contribution < 1.29 is 0 Å². The van der Waals surface area contributed by atoms with E-state index in [4.69, 9.17) is 0 Å². The van der Waals surface area contributed by atoms with Crippen LogP contribution in [0.4, 0.5) is 0 Å². The molecular weight excluding hydrogens is 342 g/mol. The monoisotopic (exact) mass is 375 g/mol. The zero-order valence-electron chi connectivity index (χ0n) is 17.6. The largest absolute Gasteiger partial charge is 0.358 e. The van der Waals surface area contributed by atoms with Crippen molar-refractivity contribution in [1.82, 2.24) is 15.0 Å². The van der Waals surface area contributed by atoms with Gasteiger partial charge in [0.15, 0.2) is 0 Å². The highest BCUT2D eigenvalue weighted by molar-refractivity contribution is 5.80. The van der Waals surface area contributed by atoms with Crippen LogP contribution in [0.2, 0.25) is 0 Å². The number of aryl methyl sites for hydroxylation is 4. The van der Waals surface area contributed by atoms with Crippen molar-refractivity contribution in [2.45, 2.75) is 53.4 Å². The van der Waals surface area contributed by atoms with E-state index in [2.05, 4.69) is 97.2 Å². The fraction of sp³-hybridized carbons (Fsp3) is 0.320. The average molecular weight is 376 g/mol. The highest BCUT2D eigenvalue weighted by atomic mass is 14.8. The first-order valence-electron chi connectivity index (χ1n) is 10.3. The Morgan fingerprint density at radius 2 is 1.57 bits per heavy atom. The average Bonchev–Trinajstić information content (AvgIpc) is 3.40. The van der Waals surface area contributed by atoms with Crippen molar-refractivity contribution in [3.05, 3.63) is 89.6 Å². The van der Waals surface area contributed by atoms with Crippen LogP contribution < -0.4 is 0 Å². The maximum Gasteiger partial charge on any atom is 0.0921 e. The first-order valence-corrected chi connectivity index (χ1v) is 10.3. The Morgan fingerprint density at radius 1 is 0.857 bits per heavy atom. The number of hydrogen-bond donors (Lipinski definition) is 2. The molecule has 148 valence electrons. The first kappa shape index (κ1) is 21.5. The van der Waals surface area contributed by atoms with Gasteiger partial charge >= 0.3 is 0 Å². The van der Waals surface area contributed by atoms with Gasteiger partial charge in [0, 0.05) is 23.1 Å². The van der Waals surface area contributed by atoms with Crippen molar-refractivity contribution in [3.63, 3.8) is 0 Å². The molecule has 0 saturated heterocycles. The first-order chi connectivity index (χ1) is 13.7. The van der Waals surface area contributed by atoms with Crippen molar-refractivity contribution in [2.24, 2.45) is 0 Å². The molecule has 0 fully saturated rings. The van der Waals surface area contributed by atoms with Gasteiger partial charge in [-0.25, -0.2) is 4.98 Å². The summed E-state index contributed by atoms with van der Waals surface area (Å²) in [6.07, 6.45) is 8.09. The van der Waals surface area contributed by atoms with Gasteiger partial charge in [0.05, 0.1) is 6.33 Å². The van der Waals surface area contributed by atoms with Gasteiger partial charge in [-0.15, -0.1) is 0 Å². The van der Waals surface area contributed by atoms with Crippen molar-refractivity contribution in [3.8, 4) is 0 Å². The summed E-state index contributed by atoms with van der Waals surface area (Å²) < 4.78 is 0. The lowest BCUT2D eigenvalue weighted by Crippen LogP contribution is -1.81. The fourth-order valence-electron chi connectivity index (χ4n) is 2.85. The minimum atomic E-state index is 1.04. The van der Waals surface area contributed by atoms with E-state index in [-0.39, 0.29) is 0 Å². The molecule has 0 unspecified atom stereocenters. The SMILES string of the molecule is CCCc1ccc(C)cc1.CCc1cc2ccccc2[nH]1.CCc1cnc[nH]1. The second kappa shape index (κ2) is 11.8. The molecule has 0 aliphatic rings. The van der Waals surface area contributed by atoms with Gasteiger partial charge in [-0.1, -0.05) is 75.2 Å². The van der Waals surface area contributed by atoms with Crippen molar-refractivity contribution >= 4 is 10.9 Å². The molecule has 28 heavy (non-hydrogen) atoms. The normalized spacial score (nSPS) is 10.0. The molecule has 4 rings (SSSR count). The topological polar surface area (TPSA) is 44.5 Å². The number of nitrogens with one attached hydrogen (secondary N) is 2. The molecule has 0 spiro atoms. The van der Waals surface area contributed by atoms with E-state index in [1.54, 1.807) is 6.33 Å². The third-order valence-electron chi connectivity index (χ3n) is 4.56. The highest BCUT2D eigenvalue weighted by Gasteiger charge is 1.95. The van der Waals surface area contributed by atoms with Gasteiger partial charge < -0.3 is 9.97 Å². The van der Waals surface area contributed by atoms with Crippen LogP contribution in [0.3, 0.4) is 0 Å². The predicted molar refractivity (Wildman–Crippen MR) is 121 cm³/mol. The third kappa shape index (κ3) is 7.07. The molecular formula is C25H33N3. The van der Waals surface area contributed by atoms with Gasteiger partial charge in [-0.3, -0.25) is 0 Å². The molecule has 0 amide bonds. The standard InChI is InChI=1S/C10H11N.C10H14.C5H8N2/c1-2-9-7-8-5-3-4-6-10(8)11-9;1-3-4-10-7-5-9(2)6-8-10;1-2-5-3-6-4-7-5/h3-7,11H,2H2,1H3;5-8H,3-4H2,1-2H3;3-4H,2H2,1H3,(H,6,7). The van der Waals surface area contributed by atoms with Crippen LogP contribution in [0, 0.1) is 6.92 Å². The van der Waals surface area contributed by atoms with Crippen LogP contribution in [0.5, 0.6) is 0 Å². The van der Waals surface area contributed by atoms with E-state index in [0.29, 0.717) is 0 Å². The van der Waals surface area contributed by atoms with Crippen LogP contribution in [0.15, 0.2) is 67.1 Å². The van der Waals surface area contributed by atoms with Crippen molar-refractivity contribution in [1.29, 1.82) is 0 Å². The number of rotatable bonds is 4. The molecule has 2 heterocycles. The van der Waals surface area contributed by atoms with Gasteiger partial charge in [-0.05, 0) is 49.3 Å². The zero-order valence-corrected chi connectivity index (χ0v) is 17.6. The Bertz CT molecular complexity index is 870. The number of imidazole rings is 1. The fourth-order valence-corrected chi connectivity index (χ4v) is 2.85. The molecule has 0 aliphatic heterocycles. The summed E-state index contributed by atoms with van der Waals surface area (Å²) in [4.78, 5) is 10.2. The van der Waals surface area contributed by atoms with Gasteiger partial charge in [0.2, 0.25) is 0 Å². The Labute approximate surface area is 169 Å². The van der Waals surface area contributed by atoms with E-state index in [1.165, 1.54) is 46.3 Å². The Kier molecular flexibility index (Phi) is 9.06. The smallest absolute Gasteiger partial charge is 0.0921 e. The maximum absolute atomic E-state index is 3.84. The highest BCUT2D eigenvalue weighted by Crippen LogP contribution is 2.14. The van der Waals surface area contributed by atoms with Gasteiger partial charge in [0.25, 0.3) is 0 Å². The number of para-hydroxylation sites is 1. The number of hydrogen-bond acceptors (Lipinski definition) is 1. The summed E-state index contributed by atoms with van der Waals surface area (Å²) in [7, 11) is 0. The lowest BCUT2D eigenvalue weighted by Gasteiger charge is -1.97. The number of aromatic amines is 2. The molecule has 0 saturated carbocycles. The third-order valence-corrected chi connectivity index (χ3v) is 4.56. The molecule has 2 N–H and O–H groups in total. The summed E-state index contributed by atoms with van der Waals surface area (Å²) in [5, 5.41) is 1.31. The zero-order chi connectivity index (χ0) is 20.2. The molecule has 3 nitrogen and oxygen atoms in total. The maximum atomic E-state index is 3.84. The molecule has 2 aromatic heterocycles. The number of fused-ring (bicyclic) bond motifs is 1. The van der Waals surface area contributed by atoms with E-state index in [1.807, 2.05) is 6.20 Å². The van der Waals surface area contributed by atoms with Crippen LogP contribution in [0.1, 0.15) is 49.7 Å². The second-order valence-corrected chi connectivity index (χ2v) is 6.90. The van der Waals surface area contributed by atoms with Gasteiger partial charge in [0.1, 0.15) is 0 Å². The van der Waals surface area contributed by atoms with Crippen LogP contribution >= 0.6 is 0 Å². The summed E-state index contributed by atoms with van der Waals surface area (Å²) in [5.74, 6) is 0. The molecule has 2 aromatic carbocycles. The molecule has 0 aliphatic carbocycles. The molecule has 0 atom stereocenters. The summed E-state index contributed by atoms with van der Waals surface area (Å²) >= 11 is 0. The van der Waals surface area contributed by atoms with Gasteiger partial charge in [-0.2, -0.15) is 0 Å². The molecule has 3 heteroatoms. The molecule has 0 radical (unpaired) electrons. The van der Waals surface area contributed by atoms with E-state index < -0.39 is 0 Å². The summed E-state index contributed by atoms with van der Waals surface area (Å²) in [5.41, 5.74) is 6.54. The lowest BCUT2D eigenvalue weighted by molar-refractivity contribution is 0.921. The number of benzene rings is 2. The van der Waals surface area contributed by atoms with Crippen LogP contribution in [-0.4, -0.2) is 15.0 Å². The summed E-state index contributed by atoms with van der Waals surface area (Å²) in [6.45, 7) is 8.58. The Balaban J connectivity index is 0.000000154. The van der Waals surface area contributed by atoms with E-state index in [9.17, 15) is 0 Å².